The molecule has 1 aliphatic heterocycles. The Morgan fingerprint density at radius 2 is 1.82 bits per heavy atom. The summed E-state index contributed by atoms with van der Waals surface area (Å²) in [6, 6.07) is 13.0. The van der Waals surface area contributed by atoms with Gasteiger partial charge in [0.05, 0.1) is 10.4 Å². The van der Waals surface area contributed by atoms with E-state index in [1.54, 1.807) is 74.0 Å². The lowest BCUT2D eigenvalue weighted by Crippen LogP contribution is -2.45. The predicted molar refractivity (Wildman–Crippen MR) is 152 cm³/mol. The molecule has 0 unspecified atom stereocenters. The van der Waals surface area contributed by atoms with Crippen LogP contribution in [-0.4, -0.2) is 58.8 Å². The van der Waals surface area contributed by atoms with Crippen LogP contribution < -0.4 is 10.6 Å². The average molecular weight is 568 g/mol. The number of benzene rings is 2. The minimum Gasteiger partial charge on any atom is -0.340 e. The van der Waals surface area contributed by atoms with Crippen molar-refractivity contribution in [3.8, 4) is 0 Å². The standard InChI is InChI=1S/C27H30FN7O2S2/c1-19-15-21(5-8-25(19)28)31-26-9-12-30-27(33-26)32-20-3-6-24(7-4-20)39(36,37)34(2)22-10-13-35(14-11-22)17-23-16-29-18-38-23/h3-9,12,15-16,18,22H,10-11,13-14,17H2,1-2H3,(H2,30,31,32,33). The van der Waals surface area contributed by atoms with Gasteiger partial charge >= 0.3 is 0 Å². The minimum absolute atomic E-state index is 0.0425. The number of anilines is 4. The molecule has 2 aromatic heterocycles. The maximum atomic E-state index is 13.5. The Morgan fingerprint density at radius 1 is 1.08 bits per heavy atom. The van der Waals surface area contributed by atoms with Crippen molar-refractivity contribution in [3.05, 3.63) is 82.7 Å². The van der Waals surface area contributed by atoms with Gasteiger partial charge in [-0.05, 0) is 73.9 Å². The second-order valence-corrected chi connectivity index (χ2v) is 12.5. The van der Waals surface area contributed by atoms with Gasteiger partial charge in [-0.1, -0.05) is 0 Å². The van der Waals surface area contributed by atoms with Gasteiger partial charge in [0, 0.05) is 61.4 Å². The largest absolute Gasteiger partial charge is 0.340 e. The Kier molecular flexibility index (Phi) is 8.17. The van der Waals surface area contributed by atoms with Crippen molar-refractivity contribution < 1.29 is 12.8 Å². The fourth-order valence-corrected chi connectivity index (χ4v) is 6.59. The van der Waals surface area contributed by atoms with Gasteiger partial charge < -0.3 is 10.6 Å². The molecular weight excluding hydrogens is 537 g/mol. The van der Waals surface area contributed by atoms with Gasteiger partial charge in [0.15, 0.2) is 0 Å². The molecule has 12 heteroatoms. The number of hydrogen-bond acceptors (Lipinski definition) is 9. The molecule has 3 heterocycles. The van der Waals surface area contributed by atoms with Crippen LogP contribution in [0.15, 0.2) is 71.3 Å². The molecule has 0 atom stereocenters. The van der Waals surface area contributed by atoms with Crippen LogP contribution in [0.25, 0.3) is 0 Å². The number of nitrogens with one attached hydrogen (secondary N) is 2. The summed E-state index contributed by atoms with van der Waals surface area (Å²) in [4.78, 5) is 16.6. The van der Waals surface area contributed by atoms with Gasteiger partial charge in [0.25, 0.3) is 0 Å². The van der Waals surface area contributed by atoms with Crippen LogP contribution in [0.4, 0.5) is 27.5 Å². The van der Waals surface area contributed by atoms with Gasteiger partial charge in [-0.25, -0.2) is 17.8 Å². The third kappa shape index (κ3) is 6.59. The van der Waals surface area contributed by atoms with E-state index < -0.39 is 10.0 Å². The average Bonchev–Trinajstić information content (AvgIpc) is 3.44. The van der Waals surface area contributed by atoms with E-state index in [-0.39, 0.29) is 16.8 Å². The number of halogens is 1. The molecule has 1 saturated heterocycles. The molecule has 2 aromatic carbocycles. The van der Waals surface area contributed by atoms with Crippen LogP contribution in [-0.2, 0) is 16.6 Å². The minimum atomic E-state index is -3.63. The van der Waals surface area contributed by atoms with Gasteiger partial charge in [-0.2, -0.15) is 9.29 Å². The summed E-state index contributed by atoms with van der Waals surface area (Å²) < 4.78 is 41.7. The molecule has 0 amide bonds. The van der Waals surface area contributed by atoms with E-state index in [0.717, 1.165) is 32.5 Å². The Labute approximate surface area is 231 Å². The van der Waals surface area contributed by atoms with Crippen LogP contribution in [0.2, 0.25) is 0 Å². The molecule has 0 bridgehead atoms. The number of sulfonamides is 1. The number of piperidine rings is 1. The lowest BCUT2D eigenvalue weighted by atomic mass is 10.1. The normalized spacial score (nSPS) is 15.0. The first-order valence-electron chi connectivity index (χ1n) is 12.6. The van der Waals surface area contributed by atoms with E-state index in [1.807, 2.05) is 11.7 Å². The van der Waals surface area contributed by atoms with Crippen molar-refractivity contribution in [1.29, 1.82) is 0 Å². The molecule has 0 radical (unpaired) electrons. The highest BCUT2D eigenvalue weighted by Crippen LogP contribution is 2.26. The number of hydrogen-bond donors (Lipinski definition) is 2. The van der Waals surface area contributed by atoms with Gasteiger partial charge in [-0.15, -0.1) is 11.3 Å². The zero-order valence-corrected chi connectivity index (χ0v) is 23.3. The van der Waals surface area contributed by atoms with E-state index in [2.05, 4.69) is 30.5 Å². The Balaban J connectivity index is 1.19. The number of thiazole rings is 1. The summed E-state index contributed by atoms with van der Waals surface area (Å²) in [5, 5.41) is 6.24. The molecule has 0 saturated carbocycles. The van der Waals surface area contributed by atoms with Crippen molar-refractivity contribution >= 4 is 44.5 Å². The monoisotopic (exact) mass is 567 g/mol. The number of aromatic nitrogens is 3. The highest BCUT2D eigenvalue weighted by molar-refractivity contribution is 7.89. The summed E-state index contributed by atoms with van der Waals surface area (Å²) >= 11 is 1.64. The molecule has 4 aromatic rings. The van der Waals surface area contributed by atoms with Crippen LogP contribution in [0.3, 0.4) is 0 Å². The van der Waals surface area contributed by atoms with E-state index in [4.69, 9.17) is 0 Å². The molecular formula is C27H30FN7O2S2. The molecule has 0 aliphatic carbocycles. The predicted octanol–water partition coefficient (Wildman–Crippen LogP) is 5.15. The third-order valence-corrected chi connectivity index (χ3v) is 9.50. The Morgan fingerprint density at radius 3 is 2.51 bits per heavy atom. The maximum absolute atomic E-state index is 13.5. The van der Waals surface area contributed by atoms with Crippen molar-refractivity contribution in [2.24, 2.45) is 0 Å². The highest BCUT2D eigenvalue weighted by atomic mass is 32.2. The van der Waals surface area contributed by atoms with Gasteiger partial charge in [-0.3, -0.25) is 9.88 Å². The SMILES string of the molecule is Cc1cc(Nc2ccnc(Nc3ccc(S(=O)(=O)N(C)C4CCN(Cc5cncs5)CC4)cc3)n2)ccc1F. The number of likely N-dealkylation sites (tertiary alicyclic amines) is 1. The fraction of sp³-hybridized carbons (Fsp3) is 0.296. The summed E-state index contributed by atoms with van der Waals surface area (Å²) in [5.74, 6) is 0.615. The Bertz CT molecular complexity index is 1510. The van der Waals surface area contributed by atoms with E-state index in [0.29, 0.717) is 28.7 Å². The molecule has 204 valence electrons. The summed E-state index contributed by atoms with van der Waals surface area (Å²) in [7, 11) is -1.97. The van der Waals surface area contributed by atoms with Crippen LogP contribution >= 0.6 is 11.3 Å². The Hall–Kier alpha value is -3.45. The van der Waals surface area contributed by atoms with Crippen molar-refractivity contribution in [3.63, 3.8) is 0 Å². The van der Waals surface area contributed by atoms with E-state index in [1.165, 1.54) is 15.2 Å². The lowest BCUT2D eigenvalue weighted by Gasteiger charge is -2.35. The smallest absolute Gasteiger partial charge is 0.243 e. The second-order valence-electron chi connectivity index (χ2n) is 9.50. The van der Waals surface area contributed by atoms with Gasteiger partial charge in [0.1, 0.15) is 11.6 Å². The van der Waals surface area contributed by atoms with Gasteiger partial charge in [0.2, 0.25) is 16.0 Å². The first-order chi connectivity index (χ1) is 18.8. The van der Waals surface area contributed by atoms with Crippen molar-refractivity contribution in [2.75, 3.05) is 30.8 Å². The van der Waals surface area contributed by atoms with Crippen molar-refractivity contribution in [2.45, 2.75) is 37.2 Å². The first kappa shape index (κ1) is 27.1. The summed E-state index contributed by atoms with van der Waals surface area (Å²) in [5.41, 5.74) is 3.73. The second kappa shape index (κ2) is 11.7. The number of nitrogens with zero attached hydrogens (tertiary/aromatic N) is 5. The molecule has 1 fully saturated rings. The molecule has 5 rings (SSSR count). The molecule has 2 N–H and O–H groups in total. The summed E-state index contributed by atoms with van der Waals surface area (Å²) in [6.45, 7) is 4.25. The molecule has 39 heavy (non-hydrogen) atoms. The van der Waals surface area contributed by atoms with E-state index >= 15 is 0 Å². The molecule has 0 spiro atoms. The third-order valence-electron chi connectivity index (χ3n) is 6.81. The summed E-state index contributed by atoms with van der Waals surface area (Å²) in [6.07, 6.45) is 5.06. The number of aryl methyl sites for hydroxylation is 1. The zero-order valence-electron chi connectivity index (χ0n) is 21.7. The molecule has 1 aliphatic rings. The van der Waals surface area contributed by atoms with E-state index in [9.17, 15) is 12.8 Å². The highest BCUT2D eigenvalue weighted by Gasteiger charge is 2.31. The van der Waals surface area contributed by atoms with Crippen LogP contribution in [0.5, 0.6) is 0 Å². The lowest BCUT2D eigenvalue weighted by molar-refractivity contribution is 0.165. The quantitative estimate of drug-likeness (QED) is 0.286. The first-order valence-corrected chi connectivity index (χ1v) is 14.9. The number of rotatable bonds is 9. The van der Waals surface area contributed by atoms with Crippen LogP contribution in [0.1, 0.15) is 23.3 Å². The topological polar surface area (TPSA) is 103 Å². The maximum Gasteiger partial charge on any atom is 0.243 e. The van der Waals surface area contributed by atoms with Crippen molar-refractivity contribution in [1.82, 2.24) is 24.2 Å². The fourth-order valence-electron chi connectivity index (χ4n) is 4.54. The zero-order chi connectivity index (χ0) is 27.4. The molecule has 9 nitrogen and oxygen atoms in total. The van der Waals surface area contributed by atoms with Crippen LogP contribution in [0, 0.1) is 12.7 Å².